The van der Waals surface area contributed by atoms with Crippen molar-refractivity contribution in [1.29, 1.82) is 0 Å². The van der Waals surface area contributed by atoms with Gasteiger partial charge in [0.25, 0.3) is 0 Å². The minimum Gasteiger partial charge on any atom is -0.462 e. The van der Waals surface area contributed by atoms with Crippen molar-refractivity contribution < 1.29 is 19.4 Å². The molecule has 5 heteroatoms. The Kier molecular flexibility index (Phi) is 6.44. The second-order valence-corrected chi connectivity index (χ2v) is 3.35. The number of hydrogen-bond donors (Lipinski definition) is 2. The Hall–Kier alpha value is -0.650. The van der Waals surface area contributed by atoms with Gasteiger partial charge in [0, 0.05) is 0 Å². The van der Waals surface area contributed by atoms with E-state index in [1.807, 2.05) is 13.8 Å². The first kappa shape index (κ1) is 13.4. The van der Waals surface area contributed by atoms with Gasteiger partial charge in [0.1, 0.15) is 12.6 Å². The zero-order valence-electron chi connectivity index (χ0n) is 8.90. The Morgan fingerprint density at radius 2 is 1.93 bits per heavy atom. The van der Waals surface area contributed by atoms with Crippen LogP contribution in [0.4, 0.5) is 0 Å². The van der Waals surface area contributed by atoms with Gasteiger partial charge in [-0.3, -0.25) is 4.79 Å². The van der Waals surface area contributed by atoms with Crippen LogP contribution in [0.1, 0.15) is 20.8 Å². The van der Waals surface area contributed by atoms with Gasteiger partial charge >= 0.3 is 5.97 Å². The molecule has 14 heavy (non-hydrogen) atoms. The van der Waals surface area contributed by atoms with Crippen molar-refractivity contribution in [2.45, 2.75) is 39.0 Å². The fourth-order valence-electron chi connectivity index (χ4n) is 0.719. The molecule has 2 atom stereocenters. The summed E-state index contributed by atoms with van der Waals surface area (Å²) in [6.07, 6.45) is -0.785. The van der Waals surface area contributed by atoms with Crippen LogP contribution in [0, 0.1) is 0 Å². The number of carbonyl (C=O) groups is 1. The molecule has 2 unspecified atom stereocenters. The highest BCUT2D eigenvalue weighted by molar-refractivity contribution is 5.76. The summed E-state index contributed by atoms with van der Waals surface area (Å²) in [5, 5.41) is 8.98. The third-order valence-electron chi connectivity index (χ3n) is 1.57. The van der Waals surface area contributed by atoms with Crippen LogP contribution in [0.3, 0.4) is 0 Å². The van der Waals surface area contributed by atoms with Gasteiger partial charge in [0.05, 0.1) is 18.8 Å². The van der Waals surface area contributed by atoms with Gasteiger partial charge < -0.3 is 20.3 Å². The first-order valence-corrected chi connectivity index (χ1v) is 4.67. The number of carbonyl (C=O) groups excluding carboxylic acids is 1. The minimum atomic E-state index is -0.978. The average molecular weight is 205 g/mol. The maximum atomic E-state index is 11.1. The first-order valence-electron chi connectivity index (χ1n) is 4.67. The summed E-state index contributed by atoms with van der Waals surface area (Å²) in [6.45, 7) is 5.73. The SMILES string of the molecule is CC(C)OCCOC(=O)C(N)C(C)O. The van der Waals surface area contributed by atoms with Crippen molar-refractivity contribution in [2.24, 2.45) is 5.73 Å². The summed E-state index contributed by atoms with van der Waals surface area (Å²) in [6, 6.07) is -0.978. The second-order valence-electron chi connectivity index (χ2n) is 3.35. The lowest BCUT2D eigenvalue weighted by atomic mass is 10.2. The summed E-state index contributed by atoms with van der Waals surface area (Å²) in [7, 11) is 0. The van der Waals surface area contributed by atoms with Gasteiger partial charge in [0.2, 0.25) is 0 Å². The highest BCUT2D eigenvalue weighted by atomic mass is 16.6. The van der Waals surface area contributed by atoms with E-state index < -0.39 is 18.1 Å². The lowest BCUT2D eigenvalue weighted by Crippen LogP contribution is -2.41. The molecule has 0 aromatic rings. The van der Waals surface area contributed by atoms with Crippen LogP contribution in [-0.2, 0) is 14.3 Å². The van der Waals surface area contributed by atoms with E-state index in [-0.39, 0.29) is 12.7 Å². The fraction of sp³-hybridized carbons (Fsp3) is 0.889. The number of rotatable bonds is 6. The Morgan fingerprint density at radius 1 is 1.36 bits per heavy atom. The van der Waals surface area contributed by atoms with Gasteiger partial charge in [-0.05, 0) is 20.8 Å². The highest BCUT2D eigenvalue weighted by Crippen LogP contribution is 1.93. The molecule has 0 amide bonds. The molecule has 0 aromatic heterocycles. The quantitative estimate of drug-likeness (QED) is 0.458. The molecule has 0 bridgehead atoms. The summed E-state index contributed by atoms with van der Waals surface area (Å²) in [4.78, 5) is 11.1. The molecule has 84 valence electrons. The van der Waals surface area contributed by atoms with E-state index >= 15 is 0 Å². The smallest absolute Gasteiger partial charge is 0.325 e. The van der Waals surface area contributed by atoms with E-state index in [0.717, 1.165) is 0 Å². The van der Waals surface area contributed by atoms with Gasteiger partial charge in [-0.1, -0.05) is 0 Å². The van der Waals surface area contributed by atoms with E-state index in [0.29, 0.717) is 6.61 Å². The number of nitrogens with two attached hydrogens (primary N) is 1. The van der Waals surface area contributed by atoms with Crippen LogP contribution in [-0.4, -0.2) is 42.5 Å². The van der Waals surface area contributed by atoms with Crippen LogP contribution in [0.5, 0.6) is 0 Å². The summed E-state index contributed by atoms with van der Waals surface area (Å²) >= 11 is 0. The third-order valence-corrected chi connectivity index (χ3v) is 1.57. The highest BCUT2D eigenvalue weighted by Gasteiger charge is 2.19. The fourth-order valence-corrected chi connectivity index (χ4v) is 0.719. The molecule has 0 fully saturated rings. The van der Waals surface area contributed by atoms with Crippen LogP contribution in [0.25, 0.3) is 0 Å². The molecule has 0 radical (unpaired) electrons. The molecule has 3 N–H and O–H groups in total. The minimum absolute atomic E-state index is 0.110. The molecule has 0 aliphatic heterocycles. The average Bonchev–Trinajstić information content (AvgIpc) is 2.10. The molecular formula is C9H19NO4. The van der Waals surface area contributed by atoms with E-state index in [4.69, 9.17) is 20.3 Å². The molecule has 0 saturated heterocycles. The molecule has 0 aliphatic rings. The van der Waals surface area contributed by atoms with E-state index in [1.54, 1.807) is 0 Å². The predicted molar refractivity (Wildman–Crippen MR) is 51.7 cm³/mol. The van der Waals surface area contributed by atoms with Gasteiger partial charge in [0.15, 0.2) is 0 Å². The zero-order chi connectivity index (χ0) is 11.1. The van der Waals surface area contributed by atoms with Crippen LogP contribution in [0.15, 0.2) is 0 Å². The van der Waals surface area contributed by atoms with E-state index in [2.05, 4.69) is 0 Å². The Morgan fingerprint density at radius 3 is 2.36 bits per heavy atom. The van der Waals surface area contributed by atoms with Crippen molar-refractivity contribution in [1.82, 2.24) is 0 Å². The van der Waals surface area contributed by atoms with E-state index in [9.17, 15) is 4.79 Å². The van der Waals surface area contributed by atoms with Crippen molar-refractivity contribution in [3.63, 3.8) is 0 Å². The zero-order valence-corrected chi connectivity index (χ0v) is 8.90. The predicted octanol–water partition coefficient (Wildman–Crippen LogP) is -0.337. The van der Waals surface area contributed by atoms with Crippen molar-refractivity contribution in [2.75, 3.05) is 13.2 Å². The normalized spacial score (nSPS) is 15.3. The summed E-state index contributed by atoms with van der Waals surface area (Å²) < 4.78 is 9.92. The second kappa shape index (κ2) is 6.75. The monoisotopic (exact) mass is 205 g/mol. The van der Waals surface area contributed by atoms with Crippen molar-refractivity contribution in [3.05, 3.63) is 0 Å². The number of ether oxygens (including phenoxy) is 2. The van der Waals surface area contributed by atoms with E-state index in [1.165, 1.54) is 6.92 Å². The van der Waals surface area contributed by atoms with Gasteiger partial charge in [-0.2, -0.15) is 0 Å². The van der Waals surface area contributed by atoms with Crippen LogP contribution < -0.4 is 5.73 Å². The molecular weight excluding hydrogens is 186 g/mol. The van der Waals surface area contributed by atoms with Gasteiger partial charge in [-0.25, -0.2) is 0 Å². The molecule has 0 saturated carbocycles. The topological polar surface area (TPSA) is 81.8 Å². The summed E-state index contributed by atoms with van der Waals surface area (Å²) in [5.41, 5.74) is 5.34. The lowest BCUT2D eigenvalue weighted by Gasteiger charge is -2.14. The standard InChI is InChI=1S/C9H19NO4/c1-6(2)13-4-5-14-9(12)8(10)7(3)11/h6-8,11H,4-5,10H2,1-3H3. The molecule has 0 rings (SSSR count). The Balaban J connectivity index is 3.54. The molecule has 0 heterocycles. The molecule has 0 aromatic carbocycles. The number of esters is 1. The van der Waals surface area contributed by atoms with Crippen molar-refractivity contribution >= 4 is 5.97 Å². The molecule has 0 aliphatic carbocycles. The van der Waals surface area contributed by atoms with Gasteiger partial charge in [-0.15, -0.1) is 0 Å². The number of aliphatic hydroxyl groups is 1. The Labute approximate surface area is 84.2 Å². The molecule has 0 spiro atoms. The lowest BCUT2D eigenvalue weighted by molar-refractivity contribution is -0.149. The Bertz CT molecular complexity index is 170. The first-order chi connectivity index (χ1) is 6.45. The third kappa shape index (κ3) is 5.90. The summed E-state index contributed by atoms with van der Waals surface area (Å²) in [5.74, 6) is -0.604. The largest absolute Gasteiger partial charge is 0.462 e. The maximum absolute atomic E-state index is 11.1. The number of hydrogen-bond acceptors (Lipinski definition) is 5. The van der Waals surface area contributed by atoms with Crippen LogP contribution in [0.2, 0.25) is 0 Å². The molecule has 5 nitrogen and oxygen atoms in total. The maximum Gasteiger partial charge on any atom is 0.325 e. The van der Waals surface area contributed by atoms with Crippen LogP contribution >= 0.6 is 0 Å². The van der Waals surface area contributed by atoms with Crippen molar-refractivity contribution in [3.8, 4) is 0 Å². The number of aliphatic hydroxyl groups excluding tert-OH is 1.